The second-order valence-electron chi connectivity index (χ2n) is 5.79. The molecule has 0 unspecified atom stereocenters. The number of pyridine rings is 1. The number of rotatable bonds is 3. The number of nitrogens with one attached hydrogen (secondary N) is 1. The summed E-state index contributed by atoms with van der Waals surface area (Å²) in [6, 6.07) is 8.30. The lowest BCUT2D eigenvalue weighted by Gasteiger charge is -2.09. The lowest BCUT2D eigenvalue weighted by molar-refractivity contribution is 0.0952. The van der Waals surface area contributed by atoms with E-state index in [1.165, 1.54) is 6.07 Å². The predicted octanol–water partition coefficient (Wildman–Crippen LogP) is 2.67. The molecule has 2 aromatic heterocycles. The van der Waals surface area contributed by atoms with Crippen molar-refractivity contribution in [3.05, 3.63) is 47.9 Å². The third-order valence-corrected chi connectivity index (χ3v) is 4.01. The molecule has 0 radical (unpaired) electrons. The number of aromatic nitrogens is 3. The van der Waals surface area contributed by atoms with Crippen LogP contribution in [0.15, 0.2) is 36.5 Å². The maximum atomic E-state index is 14.1. The molecule has 0 aliphatic heterocycles. The largest absolute Gasteiger partial charge is 0.349 e. The Morgan fingerprint density at radius 3 is 2.87 bits per heavy atom. The molecule has 1 amide bonds. The summed E-state index contributed by atoms with van der Waals surface area (Å²) < 4.78 is 15.7. The zero-order valence-corrected chi connectivity index (χ0v) is 12.6. The Hall–Kier alpha value is -2.76. The van der Waals surface area contributed by atoms with Gasteiger partial charge in [-0.05, 0) is 31.0 Å². The molecule has 1 fully saturated rings. The Labute approximate surface area is 132 Å². The molecule has 2 heterocycles. The van der Waals surface area contributed by atoms with Gasteiger partial charge in [-0.25, -0.2) is 9.37 Å². The molecule has 23 heavy (non-hydrogen) atoms. The number of halogens is 1. The van der Waals surface area contributed by atoms with E-state index in [-0.39, 0.29) is 17.8 Å². The summed E-state index contributed by atoms with van der Waals surface area (Å²) in [5, 5.41) is 7.81. The fourth-order valence-corrected chi connectivity index (χ4v) is 2.60. The van der Waals surface area contributed by atoms with Crippen LogP contribution in [0.5, 0.6) is 0 Å². The Bertz CT molecular complexity index is 914. The molecule has 1 aliphatic rings. The molecule has 1 saturated carbocycles. The third-order valence-electron chi connectivity index (χ3n) is 4.01. The van der Waals surface area contributed by atoms with Crippen LogP contribution in [-0.4, -0.2) is 26.7 Å². The highest BCUT2D eigenvalue weighted by Gasteiger charge is 2.26. The highest BCUT2D eigenvalue weighted by atomic mass is 19.1. The van der Waals surface area contributed by atoms with Crippen LogP contribution in [0.4, 0.5) is 4.39 Å². The molecule has 1 aromatic carbocycles. The molecule has 1 aliphatic carbocycles. The first-order valence-corrected chi connectivity index (χ1v) is 7.52. The third kappa shape index (κ3) is 2.46. The molecular formula is C17H15FN4O. The minimum absolute atomic E-state index is 0.162. The van der Waals surface area contributed by atoms with Crippen LogP contribution < -0.4 is 5.32 Å². The van der Waals surface area contributed by atoms with Gasteiger partial charge >= 0.3 is 0 Å². The average molecular weight is 310 g/mol. The monoisotopic (exact) mass is 310 g/mol. The van der Waals surface area contributed by atoms with Crippen molar-refractivity contribution in [1.29, 1.82) is 0 Å². The summed E-state index contributed by atoms with van der Waals surface area (Å²) >= 11 is 0. The summed E-state index contributed by atoms with van der Waals surface area (Å²) in [5.41, 5.74) is 1.84. The molecule has 116 valence electrons. The zero-order chi connectivity index (χ0) is 16.0. The van der Waals surface area contributed by atoms with E-state index in [0.717, 1.165) is 12.8 Å². The van der Waals surface area contributed by atoms with Crippen LogP contribution in [0.25, 0.3) is 22.3 Å². The Morgan fingerprint density at radius 2 is 2.13 bits per heavy atom. The van der Waals surface area contributed by atoms with Gasteiger partial charge in [-0.15, -0.1) is 0 Å². The Balaban J connectivity index is 1.90. The van der Waals surface area contributed by atoms with Gasteiger partial charge in [0.1, 0.15) is 5.82 Å². The Morgan fingerprint density at radius 1 is 1.35 bits per heavy atom. The maximum Gasteiger partial charge on any atom is 0.252 e. The molecule has 0 spiro atoms. The summed E-state index contributed by atoms with van der Waals surface area (Å²) in [5.74, 6) is -0.527. The fraction of sp³-hybridized carbons (Fsp3) is 0.235. The van der Waals surface area contributed by atoms with Crippen molar-refractivity contribution >= 4 is 16.9 Å². The highest BCUT2D eigenvalue weighted by Crippen LogP contribution is 2.27. The van der Waals surface area contributed by atoms with Gasteiger partial charge < -0.3 is 5.32 Å². The van der Waals surface area contributed by atoms with E-state index >= 15 is 0 Å². The standard InChI is InChI=1S/C17H15FN4O/c1-22-16-13(9-19-22)12(17(23)20-10-6-7-10)8-15(21-16)11-4-2-3-5-14(11)18/h2-5,8-10H,6-7H2,1H3,(H,20,23). The van der Waals surface area contributed by atoms with Crippen molar-refractivity contribution in [2.45, 2.75) is 18.9 Å². The summed E-state index contributed by atoms with van der Waals surface area (Å²) in [6.45, 7) is 0. The van der Waals surface area contributed by atoms with Gasteiger partial charge in [0.2, 0.25) is 0 Å². The molecule has 6 heteroatoms. The van der Waals surface area contributed by atoms with Crippen LogP contribution in [-0.2, 0) is 7.05 Å². The number of amides is 1. The van der Waals surface area contributed by atoms with Gasteiger partial charge in [-0.3, -0.25) is 9.48 Å². The molecule has 4 rings (SSSR count). The first-order valence-electron chi connectivity index (χ1n) is 7.52. The van der Waals surface area contributed by atoms with Crippen LogP contribution in [0.3, 0.4) is 0 Å². The second kappa shape index (κ2) is 5.15. The Kier molecular flexibility index (Phi) is 3.11. The minimum atomic E-state index is -0.366. The van der Waals surface area contributed by atoms with Gasteiger partial charge in [0.15, 0.2) is 5.65 Å². The van der Waals surface area contributed by atoms with Crippen molar-refractivity contribution in [2.75, 3.05) is 0 Å². The molecular weight excluding hydrogens is 295 g/mol. The molecule has 1 N–H and O–H groups in total. The zero-order valence-electron chi connectivity index (χ0n) is 12.6. The minimum Gasteiger partial charge on any atom is -0.349 e. The normalized spacial score (nSPS) is 14.2. The average Bonchev–Trinajstić information content (AvgIpc) is 3.29. The van der Waals surface area contributed by atoms with Crippen molar-refractivity contribution in [3.63, 3.8) is 0 Å². The van der Waals surface area contributed by atoms with E-state index in [1.54, 1.807) is 42.2 Å². The fourth-order valence-electron chi connectivity index (χ4n) is 2.60. The molecule has 3 aromatic rings. The number of fused-ring (bicyclic) bond motifs is 1. The lowest BCUT2D eigenvalue weighted by atomic mass is 10.1. The van der Waals surface area contributed by atoms with Crippen LogP contribution >= 0.6 is 0 Å². The first-order chi connectivity index (χ1) is 11.1. The SMILES string of the molecule is Cn1ncc2c(C(=O)NC3CC3)cc(-c3ccccc3F)nc21. The number of hydrogen-bond donors (Lipinski definition) is 1. The van der Waals surface area contributed by atoms with Gasteiger partial charge in [0.05, 0.1) is 22.8 Å². The number of hydrogen-bond acceptors (Lipinski definition) is 3. The maximum absolute atomic E-state index is 14.1. The van der Waals surface area contributed by atoms with E-state index in [1.807, 2.05) is 0 Å². The van der Waals surface area contributed by atoms with E-state index in [0.29, 0.717) is 27.9 Å². The number of aryl methyl sites for hydroxylation is 1. The number of benzene rings is 1. The summed E-state index contributed by atoms with van der Waals surface area (Å²) in [6.07, 6.45) is 3.63. The van der Waals surface area contributed by atoms with Gasteiger partial charge in [-0.1, -0.05) is 12.1 Å². The molecule has 5 nitrogen and oxygen atoms in total. The summed E-state index contributed by atoms with van der Waals surface area (Å²) in [4.78, 5) is 17.0. The van der Waals surface area contributed by atoms with Crippen molar-refractivity contribution in [3.8, 4) is 11.3 Å². The van der Waals surface area contributed by atoms with Gasteiger partial charge in [0.25, 0.3) is 5.91 Å². The van der Waals surface area contributed by atoms with Gasteiger partial charge in [-0.2, -0.15) is 5.10 Å². The van der Waals surface area contributed by atoms with Crippen LogP contribution in [0, 0.1) is 5.82 Å². The van der Waals surface area contributed by atoms with E-state index in [4.69, 9.17) is 0 Å². The quantitative estimate of drug-likeness (QED) is 0.809. The predicted molar refractivity (Wildman–Crippen MR) is 84.4 cm³/mol. The lowest BCUT2D eigenvalue weighted by Crippen LogP contribution is -2.25. The van der Waals surface area contributed by atoms with E-state index in [9.17, 15) is 9.18 Å². The first kappa shape index (κ1) is 13.9. The van der Waals surface area contributed by atoms with Crippen molar-refractivity contribution < 1.29 is 9.18 Å². The van der Waals surface area contributed by atoms with Gasteiger partial charge in [0, 0.05) is 18.7 Å². The molecule has 0 saturated heterocycles. The molecule has 0 bridgehead atoms. The van der Waals surface area contributed by atoms with Crippen molar-refractivity contribution in [2.24, 2.45) is 7.05 Å². The topological polar surface area (TPSA) is 59.8 Å². The summed E-state index contributed by atoms with van der Waals surface area (Å²) in [7, 11) is 1.75. The molecule has 0 atom stereocenters. The highest BCUT2D eigenvalue weighted by molar-refractivity contribution is 6.06. The van der Waals surface area contributed by atoms with Crippen LogP contribution in [0.2, 0.25) is 0 Å². The van der Waals surface area contributed by atoms with Crippen LogP contribution in [0.1, 0.15) is 23.2 Å². The smallest absolute Gasteiger partial charge is 0.252 e. The number of carbonyl (C=O) groups is 1. The van der Waals surface area contributed by atoms with Crippen molar-refractivity contribution in [1.82, 2.24) is 20.1 Å². The van der Waals surface area contributed by atoms with E-state index < -0.39 is 0 Å². The number of nitrogens with zero attached hydrogens (tertiary/aromatic N) is 3. The number of carbonyl (C=O) groups excluding carboxylic acids is 1. The van der Waals surface area contributed by atoms with E-state index in [2.05, 4.69) is 15.4 Å². The second-order valence-corrected chi connectivity index (χ2v) is 5.79.